The number of aromatic nitrogens is 1. The number of hydrogen-bond donors (Lipinski definition) is 1. The molecule has 2 nitrogen and oxygen atoms in total. The van der Waals surface area contributed by atoms with Gasteiger partial charge in [-0.3, -0.25) is 0 Å². The summed E-state index contributed by atoms with van der Waals surface area (Å²) in [5.41, 5.74) is 3.45. The first-order chi connectivity index (χ1) is 8.60. The van der Waals surface area contributed by atoms with Crippen LogP contribution in [0, 0.1) is 13.8 Å². The Labute approximate surface area is 117 Å². The number of hydrogen-bond acceptors (Lipinski definition) is 3. The molecule has 96 valence electrons. The van der Waals surface area contributed by atoms with Gasteiger partial charge in [0.2, 0.25) is 0 Å². The number of thiazole rings is 1. The highest BCUT2D eigenvalue weighted by Gasteiger charge is 2.12. The van der Waals surface area contributed by atoms with Crippen molar-refractivity contribution in [2.24, 2.45) is 0 Å². The van der Waals surface area contributed by atoms with Crippen LogP contribution in [0.15, 0.2) is 23.6 Å². The zero-order chi connectivity index (χ0) is 13.1. The Hall–Kier alpha value is -0.900. The molecule has 1 unspecified atom stereocenters. The van der Waals surface area contributed by atoms with Gasteiger partial charge in [-0.05, 0) is 38.1 Å². The minimum Gasteiger partial charge on any atom is -0.313 e. The molecule has 1 atom stereocenters. The van der Waals surface area contributed by atoms with Gasteiger partial charge in [-0.15, -0.1) is 11.3 Å². The van der Waals surface area contributed by atoms with Crippen LogP contribution in [0.5, 0.6) is 0 Å². The Balaban J connectivity index is 2.19. The van der Waals surface area contributed by atoms with E-state index in [1.165, 1.54) is 5.56 Å². The van der Waals surface area contributed by atoms with Gasteiger partial charge in [-0.2, -0.15) is 0 Å². The summed E-state index contributed by atoms with van der Waals surface area (Å²) in [7, 11) is 1.97. The first-order valence-electron chi connectivity index (χ1n) is 5.94. The highest BCUT2D eigenvalue weighted by atomic mass is 35.5. The second-order valence-corrected chi connectivity index (χ2v) is 5.88. The van der Waals surface area contributed by atoms with Crippen LogP contribution in [-0.4, -0.2) is 12.0 Å². The molecule has 2 aromatic rings. The molecule has 0 fully saturated rings. The molecule has 0 aliphatic rings. The van der Waals surface area contributed by atoms with Crippen LogP contribution in [0.25, 0.3) is 0 Å². The third kappa shape index (κ3) is 3.10. The molecule has 0 saturated carbocycles. The molecule has 18 heavy (non-hydrogen) atoms. The van der Waals surface area contributed by atoms with E-state index in [4.69, 9.17) is 11.6 Å². The van der Waals surface area contributed by atoms with Gasteiger partial charge in [0, 0.05) is 22.9 Å². The second kappa shape index (κ2) is 5.83. The molecule has 0 radical (unpaired) electrons. The van der Waals surface area contributed by atoms with Crippen molar-refractivity contribution in [3.63, 3.8) is 0 Å². The fraction of sp³-hybridized carbons (Fsp3) is 0.357. The Bertz CT molecular complexity index is 536. The highest BCUT2D eigenvalue weighted by molar-refractivity contribution is 7.09. The van der Waals surface area contributed by atoms with Gasteiger partial charge in [0.1, 0.15) is 0 Å². The van der Waals surface area contributed by atoms with E-state index >= 15 is 0 Å². The number of halogens is 1. The number of benzene rings is 1. The van der Waals surface area contributed by atoms with Crippen LogP contribution < -0.4 is 5.32 Å². The van der Waals surface area contributed by atoms with Gasteiger partial charge in [-0.25, -0.2) is 4.98 Å². The molecular formula is C14H17ClN2S. The van der Waals surface area contributed by atoms with Crippen molar-refractivity contribution in [3.05, 3.63) is 50.4 Å². The van der Waals surface area contributed by atoms with Crippen molar-refractivity contribution in [1.82, 2.24) is 10.3 Å². The van der Waals surface area contributed by atoms with Gasteiger partial charge >= 0.3 is 0 Å². The summed E-state index contributed by atoms with van der Waals surface area (Å²) >= 11 is 7.87. The lowest BCUT2D eigenvalue weighted by molar-refractivity contribution is 0.585. The maximum absolute atomic E-state index is 6.18. The molecule has 0 amide bonds. The Kier molecular flexibility index (Phi) is 4.38. The van der Waals surface area contributed by atoms with E-state index in [0.29, 0.717) is 0 Å². The summed E-state index contributed by atoms with van der Waals surface area (Å²) in [5.74, 6) is 0. The number of rotatable bonds is 4. The first kappa shape index (κ1) is 13.5. The van der Waals surface area contributed by atoms with Crippen LogP contribution in [-0.2, 0) is 6.42 Å². The monoisotopic (exact) mass is 280 g/mol. The summed E-state index contributed by atoms with van der Waals surface area (Å²) in [6.45, 7) is 4.05. The molecular weight excluding hydrogens is 264 g/mol. The van der Waals surface area contributed by atoms with Gasteiger partial charge in [-0.1, -0.05) is 23.7 Å². The molecule has 1 N–H and O–H groups in total. The Morgan fingerprint density at radius 1 is 1.39 bits per heavy atom. The fourth-order valence-corrected chi connectivity index (χ4v) is 2.74. The topological polar surface area (TPSA) is 24.9 Å². The first-order valence-corrected chi connectivity index (χ1v) is 7.20. The zero-order valence-corrected chi connectivity index (χ0v) is 12.4. The molecule has 4 heteroatoms. The van der Waals surface area contributed by atoms with Gasteiger partial charge < -0.3 is 5.32 Å². The quantitative estimate of drug-likeness (QED) is 0.918. The lowest BCUT2D eigenvalue weighted by atomic mass is 10.0. The van der Waals surface area contributed by atoms with Crippen molar-refractivity contribution in [1.29, 1.82) is 0 Å². The van der Waals surface area contributed by atoms with Crippen LogP contribution in [0.2, 0.25) is 5.02 Å². The van der Waals surface area contributed by atoms with E-state index in [1.54, 1.807) is 11.3 Å². The molecule has 2 rings (SSSR count). The number of nitrogens with one attached hydrogen (secondary N) is 1. The average molecular weight is 281 g/mol. The van der Waals surface area contributed by atoms with Crippen molar-refractivity contribution in [3.8, 4) is 0 Å². The largest absolute Gasteiger partial charge is 0.313 e. The third-order valence-electron chi connectivity index (χ3n) is 3.03. The summed E-state index contributed by atoms with van der Waals surface area (Å²) in [5, 5.41) is 7.38. The number of aryl methyl sites for hydroxylation is 2. The maximum Gasteiger partial charge on any atom is 0.0897 e. The predicted molar refractivity (Wildman–Crippen MR) is 78.5 cm³/mol. The molecule has 0 bridgehead atoms. The Morgan fingerprint density at radius 3 is 2.72 bits per heavy atom. The summed E-state index contributed by atoms with van der Waals surface area (Å²) < 4.78 is 0. The van der Waals surface area contributed by atoms with Crippen LogP contribution in [0.1, 0.15) is 27.9 Å². The van der Waals surface area contributed by atoms with Gasteiger partial charge in [0.05, 0.1) is 10.7 Å². The smallest absolute Gasteiger partial charge is 0.0897 e. The van der Waals surface area contributed by atoms with E-state index < -0.39 is 0 Å². The molecule has 0 spiro atoms. The lowest BCUT2D eigenvalue weighted by Gasteiger charge is -2.16. The predicted octanol–water partition coefficient (Wildman–Crippen LogP) is 3.92. The lowest BCUT2D eigenvalue weighted by Crippen LogP contribution is -2.19. The van der Waals surface area contributed by atoms with Crippen molar-refractivity contribution in [2.75, 3.05) is 7.05 Å². The van der Waals surface area contributed by atoms with Crippen LogP contribution in [0.4, 0.5) is 0 Å². The molecule has 0 aliphatic heterocycles. The normalized spacial score (nSPS) is 12.7. The molecule has 1 aromatic carbocycles. The number of likely N-dealkylation sites (N-methyl/N-ethyl adjacent to an activating group) is 1. The fourth-order valence-electron chi connectivity index (χ4n) is 1.92. The molecule has 0 aliphatic carbocycles. The van der Waals surface area contributed by atoms with Crippen molar-refractivity contribution in [2.45, 2.75) is 26.3 Å². The molecule has 0 saturated heterocycles. The van der Waals surface area contributed by atoms with E-state index in [2.05, 4.69) is 27.8 Å². The summed E-state index contributed by atoms with van der Waals surface area (Å²) in [6.07, 6.45) is 0.889. The maximum atomic E-state index is 6.18. The van der Waals surface area contributed by atoms with Gasteiger partial charge in [0.25, 0.3) is 0 Å². The van der Waals surface area contributed by atoms with Crippen LogP contribution >= 0.6 is 22.9 Å². The van der Waals surface area contributed by atoms with Gasteiger partial charge in [0.15, 0.2) is 0 Å². The van der Waals surface area contributed by atoms with Crippen LogP contribution in [0.3, 0.4) is 0 Å². The second-order valence-electron chi connectivity index (χ2n) is 4.41. The Morgan fingerprint density at radius 2 is 2.17 bits per heavy atom. The highest BCUT2D eigenvalue weighted by Crippen LogP contribution is 2.24. The molecule has 1 aromatic heterocycles. The SMILES string of the molecule is CNC(Cc1csc(C)n1)c1ccc(C)c(Cl)c1. The van der Waals surface area contributed by atoms with Crippen molar-refractivity contribution >= 4 is 22.9 Å². The minimum atomic E-state index is 0.254. The zero-order valence-electron chi connectivity index (χ0n) is 10.8. The number of nitrogens with zero attached hydrogens (tertiary/aromatic N) is 1. The molecule has 1 heterocycles. The summed E-state index contributed by atoms with van der Waals surface area (Å²) in [6, 6.07) is 6.48. The summed E-state index contributed by atoms with van der Waals surface area (Å²) in [4.78, 5) is 4.51. The van der Waals surface area contributed by atoms with E-state index in [9.17, 15) is 0 Å². The standard InChI is InChI=1S/C14H17ClN2S/c1-9-4-5-11(6-13(9)15)14(16-3)7-12-8-18-10(2)17-12/h4-6,8,14,16H,7H2,1-3H3. The third-order valence-corrected chi connectivity index (χ3v) is 4.26. The van der Waals surface area contributed by atoms with E-state index in [1.807, 2.05) is 27.0 Å². The van der Waals surface area contributed by atoms with E-state index in [0.717, 1.165) is 27.7 Å². The van der Waals surface area contributed by atoms with E-state index in [-0.39, 0.29) is 6.04 Å². The van der Waals surface area contributed by atoms with Crippen molar-refractivity contribution < 1.29 is 0 Å². The minimum absolute atomic E-state index is 0.254. The average Bonchev–Trinajstić information content (AvgIpc) is 2.75.